The van der Waals surface area contributed by atoms with Gasteiger partial charge in [-0.05, 0) is 43.0 Å². The smallest absolute Gasteiger partial charge is 0.313 e. The first-order valence-electron chi connectivity index (χ1n) is 7.82. The van der Waals surface area contributed by atoms with E-state index in [1.807, 2.05) is 0 Å². The Morgan fingerprint density at radius 2 is 1.96 bits per heavy atom. The summed E-state index contributed by atoms with van der Waals surface area (Å²) in [5.41, 5.74) is 1.51. The number of hydrogen-bond acceptors (Lipinski definition) is 2. The summed E-state index contributed by atoms with van der Waals surface area (Å²) in [6.07, 6.45) is 3.23. The van der Waals surface area contributed by atoms with Crippen LogP contribution in [0.25, 0.3) is 0 Å². The second-order valence-electron chi connectivity index (χ2n) is 6.23. The average molecular weight is 384 g/mol. The van der Waals surface area contributed by atoms with Crippen LogP contribution in [-0.4, -0.2) is 22.0 Å². The minimum absolute atomic E-state index is 0.0309. The summed E-state index contributed by atoms with van der Waals surface area (Å²) in [7, 11) is 0. The van der Waals surface area contributed by atoms with E-state index in [-0.39, 0.29) is 33.6 Å². The lowest BCUT2D eigenvalue weighted by Crippen LogP contribution is -2.44. The van der Waals surface area contributed by atoms with Crippen molar-refractivity contribution in [2.24, 2.45) is 0 Å². The van der Waals surface area contributed by atoms with Gasteiger partial charge in [0.25, 0.3) is 0 Å². The highest BCUT2D eigenvalue weighted by Gasteiger charge is 2.43. The van der Waals surface area contributed by atoms with E-state index in [9.17, 15) is 13.6 Å². The van der Waals surface area contributed by atoms with E-state index in [1.165, 1.54) is 12.1 Å². The fraction of sp³-hybridized carbons (Fsp3) is 0.294. The zero-order chi connectivity index (χ0) is 17.7. The molecule has 3 heterocycles. The molecular formula is C17H13Cl2F2N3O. The highest BCUT2D eigenvalue weighted by Crippen LogP contribution is 2.43. The summed E-state index contributed by atoms with van der Waals surface area (Å²) in [6.45, 7) is 0. The zero-order valence-electron chi connectivity index (χ0n) is 12.9. The molecule has 8 heteroatoms. The number of rotatable bonds is 1. The fourth-order valence-electron chi connectivity index (χ4n) is 3.67. The second kappa shape index (κ2) is 6.11. The topological polar surface area (TPSA) is 45.2 Å². The van der Waals surface area contributed by atoms with Crippen molar-refractivity contribution in [1.82, 2.24) is 9.88 Å². The number of fused-ring (bicyclic) bond motifs is 4. The summed E-state index contributed by atoms with van der Waals surface area (Å²) >= 11 is 11.7. The van der Waals surface area contributed by atoms with Crippen LogP contribution in [0.3, 0.4) is 0 Å². The molecule has 2 aliphatic rings. The summed E-state index contributed by atoms with van der Waals surface area (Å²) in [4.78, 5) is 18.6. The molecule has 0 aliphatic carbocycles. The van der Waals surface area contributed by atoms with Crippen LogP contribution in [0.4, 0.5) is 19.3 Å². The number of pyridine rings is 1. The molecule has 1 aromatic carbocycles. The van der Waals surface area contributed by atoms with Crippen LogP contribution in [0.2, 0.25) is 10.0 Å². The van der Waals surface area contributed by atoms with Gasteiger partial charge in [0.1, 0.15) is 11.6 Å². The van der Waals surface area contributed by atoms with Gasteiger partial charge in [-0.25, -0.2) is 13.6 Å². The number of aromatic nitrogens is 1. The van der Waals surface area contributed by atoms with Crippen LogP contribution < -0.4 is 5.32 Å². The molecule has 4 nitrogen and oxygen atoms in total. The minimum Gasteiger partial charge on any atom is -0.313 e. The summed E-state index contributed by atoms with van der Waals surface area (Å²) in [6, 6.07) is 3.09. The lowest BCUT2D eigenvalue weighted by Gasteiger charge is -2.35. The lowest BCUT2D eigenvalue weighted by atomic mass is 9.98. The largest absolute Gasteiger partial charge is 0.322 e. The Labute approximate surface area is 152 Å². The number of carbonyl (C=O) groups is 1. The number of benzene rings is 1. The number of nitrogens with one attached hydrogen (secondary N) is 1. The van der Waals surface area contributed by atoms with Gasteiger partial charge in [-0.2, -0.15) is 0 Å². The van der Waals surface area contributed by atoms with Gasteiger partial charge < -0.3 is 10.2 Å². The monoisotopic (exact) mass is 383 g/mol. The fourth-order valence-corrected chi connectivity index (χ4v) is 3.98. The Kier molecular flexibility index (Phi) is 4.04. The SMILES string of the molecule is O=C(Nc1cc(Cl)c(Cl)cc1F)N1[C@H]2CC[C@@H]1c1ncc(F)cc1C2. The second-order valence-corrected chi connectivity index (χ2v) is 7.05. The average Bonchev–Trinajstić information content (AvgIpc) is 2.88. The van der Waals surface area contributed by atoms with Crippen molar-refractivity contribution in [3.05, 3.63) is 57.3 Å². The van der Waals surface area contributed by atoms with E-state index in [2.05, 4.69) is 10.3 Å². The molecule has 130 valence electrons. The van der Waals surface area contributed by atoms with Crippen molar-refractivity contribution in [2.75, 3.05) is 5.32 Å². The molecule has 0 unspecified atom stereocenters. The number of urea groups is 1. The van der Waals surface area contributed by atoms with Crippen molar-refractivity contribution < 1.29 is 13.6 Å². The highest BCUT2D eigenvalue weighted by molar-refractivity contribution is 6.42. The number of nitrogens with zero attached hydrogens (tertiary/aromatic N) is 2. The van der Waals surface area contributed by atoms with E-state index in [1.54, 1.807) is 4.90 Å². The number of hydrogen-bond donors (Lipinski definition) is 1. The van der Waals surface area contributed by atoms with Gasteiger partial charge in [-0.1, -0.05) is 23.2 Å². The number of carbonyl (C=O) groups excluding carboxylic acids is 1. The molecule has 4 rings (SSSR count). The molecule has 0 radical (unpaired) electrons. The molecule has 1 saturated heterocycles. The Balaban J connectivity index is 1.62. The van der Waals surface area contributed by atoms with Gasteiger partial charge in [0.2, 0.25) is 0 Å². The Morgan fingerprint density at radius 3 is 2.76 bits per heavy atom. The lowest BCUT2D eigenvalue weighted by molar-refractivity contribution is 0.177. The zero-order valence-corrected chi connectivity index (χ0v) is 14.4. The Hall–Kier alpha value is -1.92. The first kappa shape index (κ1) is 16.5. The maximum atomic E-state index is 14.0. The van der Waals surface area contributed by atoms with Crippen molar-refractivity contribution in [3.8, 4) is 0 Å². The number of amides is 2. The summed E-state index contributed by atoms with van der Waals surface area (Å²) in [5, 5.41) is 2.79. The van der Waals surface area contributed by atoms with E-state index < -0.39 is 11.8 Å². The predicted molar refractivity (Wildman–Crippen MR) is 90.9 cm³/mol. The van der Waals surface area contributed by atoms with Crippen molar-refractivity contribution >= 4 is 34.9 Å². The Bertz CT molecular complexity index is 877. The first-order valence-corrected chi connectivity index (χ1v) is 8.58. The molecule has 0 spiro atoms. The third-order valence-electron chi connectivity index (χ3n) is 4.73. The molecule has 2 amide bonds. The van der Waals surface area contributed by atoms with E-state index >= 15 is 0 Å². The third kappa shape index (κ3) is 2.83. The molecule has 2 aromatic rings. The van der Waals surface area contributed by atoms with Crippen molar-refractivity contribution in [3.63, 3.8) is 0 Å². The van der Waals surface area contributed by atoms with Crippen LogP contribution in [0.15, 0.2) is 24.4 Å². The first-order chi connectivity index (χ1) is 11.9. The van der Waals surface area contributed by atoms with Gasteiger partial charge in [0.15, 0.2) is 0 Å². The van der Waals surface area contributed by atoms with Crippen LogP contribution >= 0.6 is 23.2 Å². The normalized spacial score (nSPS) is 21.2. The highest BCUT2D eigenvalue weighted by atomic mass is 35.5. The molecule has 1 aromatic heterocycles. The quantitative estimate of drug-likeness (QED) is 0.707. The summed E-state index contributed by atoms with van der Waals surface area (Å²) in [5.74, 6) is -1.04. The third-order valence-corrected chi connectivity index (χ3v) is 5.45. The van der Waals surface area contributed by atoms with Gasteiger partial charge in [-0.15, -0.1) is 0 Å². The Morgan fingerprint density at radius 1 is 1.20 bits per heavy atom. The summed E-state index contributed by atoms with van der Waals surface area (Å²) < 4.78 is 27.4. The molecule has 2 bridgehead atoms. The standard InChI is InChI=1S/C17H13Cl2F2N3O/c18-11-5-13(21)14(6-12(11)19)23-17(25)24-10-1-2-15(24)16-8(4-10)3-9(20)7-22-16/h3,5-7,10,15H,1-2,4H2,(H,23,25)/t10-,15+/m0/s1. The van der Waals surface area contributed by atoms with Crippen LogP contribution in [0.5, 0.6) is 0 Å². The van der Waals surface area contributed by atoms with Crippen LogP contribution in [0, 0.1) is 11.6 Å². The van der Waals surface area contributed by atoms with Gasteiger partial charge in [-0.3, -0.25) is 4.98 Å². The molecule has 25 heavy (non-hydrogen) atoms. The van der Waals surface area contributed by atoms with E-state index in [0.717, 1.165) is 30.7 Å². The molecule has 2 aliphatic heterocycles. The number of halogens is 4. The van der Waals surface area contributed by atoms with Crippen molar-refractivity contribution in [1.29, 1.82) is 0 Å². The molecule has 0 saturated carbocycles. The number of anilines is 1. The van der Waals surface area contributed by atoms with E-state index in [4.69, 9.17) is 23.2 Å². The maximum Gasteiger partial charge on any atom is 0.322 e. The molecule has 1 fully saturated rings. The van der Waals surface area contributed by atoms with Gasteiger partial charge >= 0.3 is 6.03 Å². The van der Waals surface area contributed by atoms with Crippen LogP contribution in [0.1, 0.15) is 30.1 Å². The molecular weight excluding hydrogens is 371 g/mol. The molecule has 2 atom stereocenters. The molecule has 1 N–H and O–H groups in total. The van der Waals surface area contributed by atoms with Gasteiger partial charge in [0.05, 0.1) is 33.7 Å². The maximum absolute atomic E-state index is 14.0. The van der Waals surface area contributed by atoms with Crippen LogP contribution in [-0.2, 0) is 6.42 Å². The minimum atomic E-state index is -0.660. The predicted octanol–water partition coefficient (Wildman–Crippen LogP) is 4.96. The van der Waals surface area contributed by atoms with E-state index in [0.29, 0.717) is 12.1 Å². The van der Waals surface area contributed by atoms with Crippen molar-refractivity contribution in [2.45, 2.75) is 31.3 Å². The van der Waals surface area contributed by atoms with Gasteiger partial charge in [0, 0.05) is 6.04 Å².